The van der Waals surface area contributed by atoms with Crippen molar-refractivity contribution < 1.29 is 9.59 Å². The van der Waals surface area contributed by atoms with Crippen LogP contribution in [0.4, 0.5) is 0 Å². The molecular weight excluding hydrogens is 416 g/mol. The van der Waals surface area contributed by atoms with Gasteiger partial charge in [-0.3, -0.25) is 19.8 Å². The van der Waals surface area contributed by atoms with Crippen LogP contribution in [0.1, 0.15) is 85.9 Å². The van der Waals surface area contributed by atoms with Gasteiger partial charge in [0.1, 0.15) is 0 Å². The van der Waals surface area contributed by atoms with Crippen LogP contribution in [-0.4, -0.2) is 37.1 Å². The molecule has 8 nitrogen and oxygen atoms in total. The molecule has 3 N–H and O–H groups in total. The van der Waals surface area contributed by atoms with E-state index in [0.29, 0.717) is 31.0 Å². The summed E-state index contributed by atoms with van der Waals surface area (Å²) < 4.78 is 0. The highest BCUT2D eigenvalue weighted by Gasteiger charge is 2.29. The first-order valence-corrected chi connectivity index (χ1v) is 12.0. The van der Waals surface area contributed by atoms with Crippen molar-refractivity contribution in [2.24, 2.45) is 0 Å². The van der Waals surface area contributed by atoms with Gasteiger partial charge in [-0.1, -0.05) is 18.2 Å². The lowest BCUT2D eigenvalue weighted by atomic mass is 9.95. The molecule has 3 heterocycles. The zero-order valence-electron chi connectivity index (χ0n) is 18.7. The summed E-state index contributed by atoms with van der Waals surface area (Å²) in [6, 6.07) is 6.20. The molecule has 0 fully saturated rings. The maximum absolute atomic E-state index is 13.2. The smallest absolute Gasteiger partial charge is 0.275 e. The summed E-state index contributed by atoms with van der Waals surface area (Å²) in [6.07, 6.45) is 8.31. The number of aromatic amines is 2. The second-order valence-corrected chi connectivity index (χ2v) is 9.42. The number of aromatic nitrogens is 4. The van der Waals surface area contributed by atoms with Crippen LogP contribution < -0.4 is 5.32 Å². The Hall–Kier alpha value is -3.42. The van der Waals surface area contributed by atoms with Crippen molar-refractivity contribution in [2.75, 3.05) is 0 Å². The Bertz CT molecular complexity index is 1240. The van der Waals surface area contributed by atoms with Gasteiger partial charge in [0.2, 0.25) is 0 Å². The summed E-state index contributed by atoms with van der Waals surface area (Å²) in [7, 11) is 0. The van der Waals surface area contributed by atoms with Crippen molar-refractivity contribution in [1.82, 2.24) is 30.6 Å². The number of hydrogen-bond acceptors (Lipinski definition) is 4. The molecule has 0 atom stereocenters. The normalized spacial score (nSPS) is 16.8. The van der Waals surface area contributed by atoms with Crippen molar-refractivity contribution >= 4 is 11.8 Å². The standard InChI is InChI=1S/C25H28N6O2/c32-24(22-18-5-1-3-7-20(18)27-29-22)26-12-15-9-10-16-13-31(14-17(16)11-15)25(33)23-19-6-2-4-8-21(19)28-30-23/h9-11H,1-8,12-14H2,(H,26,32)(H,27,29)(H,28,30). The molecule has 2 aliphatic carbocycles. The molecule has 0 saturated carbocycles. The van der Waals surface area contributed by atoms with E-state index in [1.807, 2.05) is 11.0 Å². The summed E-state index contributed by atoms with van der Waals surface area (Å²) in [6.45, 7) is 1.61. The number of carbonyl (C=O) groups excluding carboxylic acids is 2. The maximum atomic E-state index is 13.2. The zero-order valence-corrected chi connectivity index (χ0v) is 18.7. The van der Waals surface area contributed by atoms with Crippen LogP contribution in [-0.2, 0) is 45.3 Å². The molecule has 0 radical (unpaired) electrons. The largest absolute Gasteiger partial charge is 0.347 e. The first-order valence-electron chi connectivity index (χ1n) is 12.0. The summed E-state index contributed by atoms with van der Waals surface area (Å²) in [5.41, 5.74) is 8.84. The second-order valence-electron chi connectivity index (χ2n) is 9.42. The lowest BCUT2D eigenvalue weighted by Gasteiger charge is -2.16. The molecular formula is C25H28N6O2. The highest BCUT2D eigenvalue weighted by molar-refractivity contribution is 5.95. The van der Waals surface area contributed by atoms with E-state index in [2.05, 4.69) is 37.8 Å². The van der Waals surface area contributed by atoms with E-state index in [1.54, 1.807) is 0 Å². The molecule has 1 aliphatic heterocycles. The molecule has 3 aromatic rings. The predicted octanol–water partition coefficient (Wildman–Crippen LogP) is 2.98. The second kappa shape index (κ2) is 8.17. The zero-order chi connectivity index (χ0) is 22.4. The Morgan fingerprint density at radius 1 is 0.848 bits per heavy atom. The maximum Gasteiger partial charge on any atom is 0.275 e. The van der Waals surface area contributed by atoms with Crippen molar-refractivity contribution in [3.63, 3.8) is 0 Å². The van der Waals surface area contributed by atoms with E-state index in [0.717, 1.165) is 90.6 Å². The minimum atomic E-state index is -0.130. The van der Waals surface area contributed by atoms with E-state index < -0.39 is 0 Å². The van der Waals surface area contributed by atoms with Crippen LogP contribution >= 0.6 is 0 Å². The molecule has 6 rings (SSSR count). The third-order valence-electron chi connectivity index (χ3n) is 7.26. The number of aryl methyl sites for hydroxylation is 2. The number of hydrogen-bond donors (Lipinski definition) is 3. The van der Waals surface area contributed by atoms with Crippen LogP contribution in [0.15, 0.2) is 18.2 Å². The molecule has 0 unspecified atom stereocenters. The monoisotopic (exact) mass is 444 g/mol. The predicted molar refractivity (Wildman–Crippen MR) is 122 cm³/mol. The van der Waals surface area contributed by atoms with E-state index in [9.17, 15) is 9.59 Å². The highest BCUT2D eigenvalue weighted by atomic mass is 16.2. The Kier molecular flexibility index (Phi) is 5.00. The first kappa shape index (κ1) is 20.2. The van der Waals surface area contributed by atoms with Gasteiger partial charge in [0.05, 0.1) is 0 Å². The third kappa shape index (κ3) is 3.63. The molecule has 0 bridgehead atoms. The van der Waals surface area contributed by atoms with Gasteiger partial charge < -0.3 is 10.2 Å². The molecule has 1 aromatic carbocycles. The highest BCUT2D eigenvalue weighted by Crippen LogP contribution is 2.28. The van der Waals surface area contributed by atoms with E-state index in [4.69, 9.17) is 0 Å². The van der Waals surface area contributed by atoms with E-state index in [1.165, 1.54) is 0 Å². The Balaban J connectivity index is 1.12. The Morgan fingerprint density at radius 3 is 2.24 bits per heavy atom. The number of benzene rings is 1. The molecule has 33 heavy (non-hydrogen) atoms. The fourth-order valence-corrected chi connectivity index (χ4v) is 5.44. The molecule has 2 aromatic heterocycles. The molecule has 2 amide bonds. The summed E-state index contributed by atoms with van der Waals surface area (Å²) in [5.74, 6) is -0.126. The van der Waals surface area contributed by atoms with Crippen LogP contribution in [0.3, 0.4) is 0 Å². The molecule has 3 aliphatic rings. The number of amides is 2. The SMILES string of the molecule is O=C(NCc1ccc2c(c1)CN(C(=O)c1n[nH]c3c1CCCC3)C2)c1n[nH]c2c1CCCC2. The Labute approximate surface area is 192 Å². The van der Waals surface area contributed by atoms with Gasteiger partial charge in [-0.15, -0.1) is 0 Å². The lowest BCUT2D eigenvalue weighted by Crippen LogP contribution is -2.27. The van der Waals surface area contributed by atoms with Gasteiger partial charge >= 0.3 is 0 Å². The van der Waals surface area contributed by atoms with Crippen LogP contribution in [0.25, 0.3) is 0 Å². The number of nitrogens with zero attached hydrogens (tertiary/aromatic N) is 3. The van der Waals surface area contributed by atoms with Crippen molar-refractivity contribution in [3.8, 4) is 0 Å². The van der Waals surface area contributed by atoms with Gasteiger partial charge in [0.25, 0.3) is 11.8 Å². The third-order valence-corrected chi connectivity index (χ3v) is 7.26. The quantitative estimate of drug-likeness (QED) is 0.575. The summed E-state index contributed by atoms with van der Waals surface area (Å²) in [5, 5.41) is 17.7. The molecule has 170 valence electrons. The average molecular weight is 445 g/mol. The number of rotatable bonds is 4. The molecule has 0 saturated heterocycles. The Morgan fingerprint density at radius 2 is 1.48 bits per heavy atom. The van der Waals surface area contributed by atoms with Crippen molar-refractivity contribution in [2.45, 2.75) is 71.0 Å². The number of H-pyrrole nitrogens is 2. The fraction of sp³-hybridized carbons (Fsp3) is 0.440. The first-order chi connectivity index (χ1) is 16.2. The van der Waals surface area contributed by atoms with Gasteiger partial charge in [0, 0.05) is 42.1 Å². The van der Waals surface area contributed by atoms with Gasteiger partial charge in [0.15, 0.2) is 11.4 Å². The van der Waals surface area contributed by atoms with E-state index >= 15 is 0 Å². The summed E-state index contributed by atoms with van der Waals surface area (Å²) >= 11 is 0. The minimum Gasteiger partial charge on any atom is -0.347 e. The van der Waals surface area contributed by atoms with Gasteiger partial charge in [-0.05, 0) is 68.1 Å². The van der Waals surface area contributed by atoms with Crippen LogP contribution in [0.2, 0.25) is 0 Å². The topological polar surface area (TPSA) is 107 Å². The van der Waals surface area contributed by atoms with Crippen LogP contribution in [0, 0.1) is 0 Å². The average Bonchev–Trinajstić information content (AvgIpc) is 3.58. The van der Waals surface area contributed by atoms with E-state index in [-0.39, 0.29) is 11.8 Å². The number of nitrogens with one attached hydrogen (secondary N) is 3. The van der Waals surface area contributed by atoms with Gasteiger partial charge in [-0.2, -0.15) is 10.2 Å². The van der Waals surface area contributed by atoms with Crippen molar-refractivity contribution in [1.29, 1.82) is 0 Å². The molecule has 8 heteroatoms. The molecule has 0 spiro atoms. The summed E-state index contributed by atoms with van der Waals surface area (Å²) in [4.78, 5) is 27.8. The van der Waals surface area contributed by atoms with Gasteiger partial charge in [-0.25, -0.2) is 0 Å². The minimum absolute atomic E-state index is 0.00348. The van der Waals surface area contributed by atoms with Crippen molar-refractivity contribution in [3.05, 3.63) is 68.8 Å². The fourth-order valence-electron chi connectivity index (χ4n) is 5.44. The lowest BCUT2D eigenvalue weighted by molar-refractivity contribution is 0.0744. The van der Waals surface area contributed by atoms with Crippen LogP contribution in [0.5, 0.6) is 0 Å². The number of carbonyl (C=O) groups is 2. The number of fused-ring (bicyclic) bond motifs is 3.